The highest BCUT2D eigenvalue weighted by Gasteiger charge is 2.32. The van der Waals surface area contributed by atoms with E-state index in [4.69, 9.17) is 5.73 Å². The minimum absolute atomic E-state index is 0.0341. The normalized spacial score (nSPS) is 19.9. The van der Waals surface area contributed by atoms with Gasteiger partial charge in [-0.15, -0.1) is 0 Å². The van der Waals surface area contributed by atoms with Crippen molar-refractivity contribution in [2.75, 3.05) is 6.54 Å². The van der Waals surface area contributed by atoms with E-state index in [0.29, 0.717) is 0 Å². The van der Waals surface area contributed by atoms with E-state index in [1.54, 1.807) is 0 Å². The topological polar surface area (TPSA) is 52.9 Å². The molecule has 0 atom stereocenters. The molecule has 0 unspecified atom stereocenters. The van der Waals surface area contributed by atoms with Crippen LogP contribution < -0.4 is 11.1 Å². The first-order valence-electron chi connectivity index (χ1n) is 6.18. The van der Waals surface area contributed by atoms with E-state index in [2.05, 4.69) is 12.2 Å². The summed E-state index contributed by atoms with van der Waals surface area (Å²) in [4.78, 5) is 11.3. The summed E-state index contributed by atoms with van der Waals surface area (Å²) in [6.45, 7) is 2.05. The summed E-state index contributed by atoms with van der Waals surface area (Å²) in [6, 6.07) is 0. The van der Waals surface area contributed by atoms with E-state index >= 15 is 0 Å². The molecule has 1 fully saturated rings. The van der Waals surface area contributed by atoms with Crippen LogP contribution >= 0.6 is 0 Å². The summed E-state index contributed by atoms with van der Waals surface area (Å²) >= 11 is 0. The van der Waals surface area contributed by atoms with Crippen molar-refractivity contribution in [1.82, 2.24) is 11.1 Å². The lowest BCUT2D eigenvalue weighted by Crippen LogP contribution is -2.50. The predicted molar refractivity (Wildman–Crippen MR) is 61.4 cm³/mol. The number of amides is 1. The predicted octanol–water partition coefficient (Wildman–Crippen LogP) is 2.28. The molecule has 1 amide bonds. The highest BCUT2D eigenvalue weighted by Crippen LogP contribution is 2.32. The monoisotopic (exact) mass is 211 g/mol. The van der Waals surface area contributed by atoms with Crippen LogP contribution in [0.3, 0.4) is 0 Å². The zero-order chi connectivity index (χ0) is 11.1. The Morgan fingerprint density at radius 1 is 1.33 bits per heavy atom. The molecule has 3 heteroatoms. The first-order valence-corrected chi connectivity index (χ1v) is 6.18. The summed E-state index contributed by atoms with van der Waals surface area (Å²) in [6.07, 6.45) is 9.41. The van der Waals surface area contributed by atoms with Crippen molar-refractivity contribution in [3.8, 4) is 0 Å². The fourth-order valence-corrected chi connectivity index (χ4v) is 2.52. The summed E-state index contributed by atoms with van der Waals surface area (Å²) in [5.41, 5.74) is 7.11. The van der Waals surface area contributed by atoms with Crippen molar-refractivity contribution in [2.45, 2.75) is 63.8 Å². The van der Waals surface area contributed by atoms with Crippen LogP contribution in [-0.4, -0.2) is 18.0 Å². The van der Waals surface area contributed by atoms with E-state index in [-0.39, 0.29) is 18.0 Å². The van der Waals surface area contributed by atoms with Gasteiger partial charge in [-0.2, -0.15) is 0 Å². The first-order chi connectivity index (χ1) is 7.22. The molecule has 0 aromatic heterocycles. The number of nitrogens with one attached hydrogen (secondary N) is 2. The average molecular weight is 211 g/mol. The van der Waals surface area contributed by atoms with Crippen molar-refractivity contribution in [2.24, 2.45) is 0 Å². The number of hydrogen-bond acceptors (Lipinski definition) is 1. The van der Waals surface area contributed by atoms with Crippen molar-refractivity contribution in [3.05, 3.63) is 0 Å². The fraction of sp³-hybridized carbons (Fsp3) is 0.917. The summed E-state index contributed by atoms with van der Waals surface area (Å²) in [7, 11) is 0. The third-order valence-electron chi connectivity index (χ3n) is 3.38. The van der Waals surface area contributed by atoms with Gasteiger partial charge in [0.15, 0.2) is 0 Å². The standard InChI is InChI=1S/C12H23N2O/c1-2-3-7-12(14-11(15)10-13)8-5-4-6-9-12/h13H,2-10H2,1H3,(H,14,15). The molecule has 0 saturated heterocycles. The molecule has 87 valence electrons. The van der Waals surface area contributed by atoms with E-state index in [0.717, 1.165) is 19.3 Å². The van der Waals surface area contributed by atoms with Crippen molar-refractivity contribution >= 4 is 5.91 Å². The molecular weight excluding hydrogens is 188 g/mol. The molecular formula is C12H23N2O. The Hall–Kier alpha value is -0.570. The number of rotatable bonds is 5. The molecule has 0 aromatic carbocycles. The third kappa shape index (κ3) is 3.82. The minimum atomic E-state index is -0.131. The highest BCUT2D eigenvalue weighted by molar-refractivity contribution is 5.78. The second kappa shape index (κ2) is 6.11. The Morgan fingerprint density at radius 2 is 2.00 bits per heavy atom. The Balaban J connectivity index is 2.53. The van der Waals surface area contributed by atoms with Gasteiger partial charge in [0.2, 0.25) is 5.91 Å². The molecule has 0 aliphatic heterocycles. The lowest BCUT2D eigenvalue weighted by molar-refractivity contribution is -0.122. The second-order valence-corrected chi connectivity index (χ2v) is 4.67. The molecule has 1 aliphatic carbocycles. The maximum absolute atomic E-state index is 11.3. The van der Waals surface area contributed by atoms with Crippen LogP contribution in [-0.2, 0) is 4.79 Å². The van der Waals surface area contributed by atoms with Gasteiger partial charge >= 0.3 is 0 Å². The summed E-state index contributed by atoms with van der Waals surface area (Å²) in [5, 5.41) is 3.09. The number of carbonyl (C=O) groups excluding carboxylic acids is 1. The van der Waals surface area contributed by atoms with Gasteiger partial charge in [-0.25, -0.2) is 5.73 Å². The van der Waals surface area contributed by atoms with Crippen molar-refractivity contribution < 1.29 is 4.79 Å². The fourth-order valence-electron chi connectivity index (χ4n) is 2.52. The number of hydrogen-bond donors (Lipinski definition) is 1. The Kier molecular flexibility index (Phi) is 5.09. The van der Waals surface area contributed by atoms with Crippen LogP contribution in [0, 0.1) is 0 Å². The molecule has 1 radical (unpaired) electrons. The maximum Gasteiger partial charge on any atom is 0.235 e. The number of carbonyl (C=O) groups is 1. The zero-order valence-electron chi connectivity index (χ0n) is 9.77. The van der Waals surface area contributed by atoms with E-state index in [1.165, 1.54) is 32.1 Å². The van der Waals surface area contributed by atoms with Crippen molar-refractivity contribution in [1.29, 1.82) is 0 Å². The SMILES string of the molecule is CCCCC1(NC(=O)C[NH])CCCCC1. The van der Waals surface area contributed by atoms with Crippen LogP contribution in [0.1, 0.15) is 58.3 Å². The zero-order valence-corrected chi connectivity index (χ0v) is 9.77. The molecule has 0 aromatic rings. The van der Waals surface area contributed by atoms with Gasteiger partial charge in [0.1, 0.15) is 0 Å². The van der Waals surface area contributed by atoms with Gasteiger partial charge in [-0.1, -0.05) is 39.0 Å². The van der Waals surface area contributed by atoms with E-state index in [1.807, 2.05) is 0 Å². The largest absolute Gasteiger partial charge is 0.350 e. The Morgan fingerprint density at radius 3 is 2.53 bits per heavy atom. The molecule has 1 rings (SSSR count). The average Bonchev–Trinajstić information content (AvgIpc) is 2.27. The summed E-state index contributed by atoms with van der Waals surface area (Å²) < 4.78 is 0. The molecule has 15 heavy (non-hydrogen) atoms. The second-order valence-electron chi connectivity index (χ2n) is 4.67. The van der Waals surface area contributed by atoms with Crippen LogP contribution in [0.15, 0.2) is 0 Å². The minimum Gasteiger partial charge on any atom is -0.350 e. The van der Waals surface area contributed by atoms with Crippen molar-refractivity contribution in [3.63, 3.8) is 0 Å². The van der Waals surface area contributed by atoms with E-state index < -0.39 is 0 Å². The maximum atomic E-state index is 11.3. The molecule has 1 aliphatic rings. The van der Waals surface area contributed by atoms with Crippen LogP contribution in [0.5, 0.6) is 0 Å². The van der Waals surface area contributed by atoms with Gasteiger partial charge in [0.05, 0.1) is 6.54 Å². The molecule has 0 spiro atoms. The van der Waals surface area contributed by atoms with Crippen LogP contribution in [0.2, 0.25) is 0 Å². The first kappa shape index (κ1) is 12.5. The molecule has 3 nitrogen and oxygen atoms in total. The third-order valence-corrected chi connectivity index (χ3v) is 3.38. The Labute approximate surface area is 92.8 Å². The lowest BCUT2D eigenvalue weighted by Gasteiger charge is -2.38. The van der Waals surface area contributed by atoms with Crippen LogP contribution in [0.4, 0.5) is 0 Å². The van der Waals surface area contributed by atoms with Crippen LogP contribution in [0.25, 0.3) is 0 Å². The van der Waals surface area contributed by atoms with Gasteiger partial charge in [-0.3, -0.25) is 4.79 Å². The Bertz CT molecular complexity index is 198. The quantitative estimate of drug-likeness (QED) is 0.745. The molecule has 1 saturated carbocycles. The van der Waals surface area contributed by atoms with Gasteiger partial charge < -0.3 is 5.32 Å². The molecule has 0 heterocycles. The lowest BCUT2D eigenvalue weighted by atomic mass is 9.78. The molecule has 2 N–H and O–H groups in total. The smallest absolute Gasteiger partial charge is 0.235 e. The number of unbranched alkanes of at least 4 members (excludes halogenated alkanes) is 1. The van der Waals surface area contributed by atoms with Gasteiger partial charge in [0.25, 0.3) is 0 Å². The van der Waals surface area contributed by atoms with Gasteiger partial charge in [-0.05, 0) is 19.3 Å². The molecule has 0 bridgehead atoms. The van der Waals surface area contributed by atoms with Gasteiger partial charge in [0, 0.05) is 5.54 Å². The summed E-state index contributed by atoms with van der Waals surface area (Å²) in [5.74, 6) is -0.104. The van der Waals surface area contributed by atoms with E-state index in [9.17, 15) is 4.79 Å². The highest BCUT2D eigenvalue weighted by atomic mass is 16.2.